The van der Waals surface area contributed by atoms with Crippen molar-refractivity contribution >= 4 is 5.91 Å². The molecule has 0 aromatic heterocycles. The normalized spacial score (nSPS) is 30.4. The molecule has 17 heavy (non-hydrogen) atoms. The topological polar surface area (TPSA) is 61.8 Å². The van der Waals surface area contributed by atoms with Gasteiger partial charge in [0.05, 0.1) is 18.8 Å². The molecule has 98 valence electrons. The number of likely N-dealkylation sites (tertiary alicyclic amines) is 1. The summed E-state index contributed by atoms with van der Waals surface area (Å²) in [7, 11) is 0. The largest absolute Gasteiger partial charge is 0.392 e. The summed E-state index contributed by atoms with van der Waals surface area (Å²) < 4.78 is 5.44. The van der Waals surface area contributed by atoms with E-state index in [0.29, 0.717) is 19.6 Å². The molecular weight excluding hydrogens is 220 g/mol. The zero-order valence-electron chi connectivity index (χ0n) is 10.2. The molecule has 1 amide bonds. The highest BCUT2D eigenvalue weighted by Gasteiger charge is 2.20. The van der Waals surface area contributed by atoms with Crippen molar-refractivity contribution in [2.75, 3.05) is 32.8 Å². The molecule has 2 atom stereocenters. The third-order valence-electron chi connectivity index (χ3n) is 3.40. The van der Waals surface area contributed by atoms with Crippen LogP contribution in [0, 0.1) is 0 Å². The maximum Gasteiger partial charge on any atom is 0.234 e. The van der Waals surface area contributed by atoms with Crippen molar-refractivity contribution in [1.82, 2.24) is 10.2 Å². The van der Waals surface area contributed by atoms with Crippen molar-refractivity contribution in [3.8, 4) is 0 Å². The van der Waals surface area contributed by atoms with Crippen LogP contribution in [0.15, 0.2) is 0 Å². The summed E-state index contributed by atoms with van der Waals surface area (Å²) >= 11 is 0. The summed E-state index contributed by atoms with van der Waals surface area (Å²) in [6.07, 6.45) is 3.90. The van der Waals surface area contributed by atoms with Gasteiger partial charge in [0, 0.05) is 19.7 Å². The second-order valence-electron chi connectivity index (χ2n) is 4.97. The number of hydrogen-bond donors (Lipinski definition) is 2. The molecule has 2 saturated heterocycles. The number of amides is 1. The van der Waals surface area contributed by atoms with Crippen LogP contribution in [0.3, 0.4) is 0 Å². The third-order valence-corrected chi connectivity index (χ3v) is 3.40. The van der Waals surface area contributed by atoms with Crippen molar-refractivity contribution in [3.63, 3.8) is 0 Å². The summed E-state index contributed by atoms with van der Waals surface area (Å²) in [6, 6.07) is 0. The highest BCUT2D eigenvalue weighted by molar-refractivity contribution is 5.78. The van der Waals surface area contributed by atoms with E-state index >= 15 is 0 Å². The van der Waals surface area contributed by atoms with Crippen LogP contribution in [0.2, 0.25) is 0 Å². The fourth-order valence-corrected chi connectivity index (χ4v) is 2.47. The molecule has 2 aliphatic heterocycles. The van der Waals surface area contributed by atoms with Crippen molar-refractivity contribution in [2.45, 2.75) is 37.9 Å². The van der Waals surface area contributed by atoms with Crippen LogP contribution in [0.25, 0.3) is 0 Å². The van der Waals surface area contributed by atoms with Gasteiger partial charge in [-0.05, 0) is 32.2 Å². The molecule has 0 saturated carbocycles. The zero-order valence-corrected chi connectivity index (χ0v) is 10.2. The quantitative estimate of drug-likeness (QED) is 0.713. The number of nitrogens with zero attached hydrogens (tertiary/aromatic N) is 1. The third kappa shape index (κ3) is 4.26. The Morgan fingerprint density at radius 1 is 1.41 bits per heavy atom. The van der Waals surface area contributed by atoms with Crippen LogP contribution in [0.5, 0.6) is 0 Å². The molecule has 2 fully saturated rings. The van der Waals surface area contributed by atoms with Gasteiger partial charge >= 0.3 is 0 Å². The van der Waals surface area contributed by atoms with E-state index in [-0.39, 0.29) is 18.1 Å². The first-order chi connectivity index (χ1) is 8.24. The second kappa shape index (κ2) is 6.33. The van der Waals surface area contributed by atoms with Crippen LogP contribution < -0.4 is 5.32 Å². The van der Waals surface area contributed by atoms with Crippen LogP contribution in [-0.4, -0.2) is 60.9 Å². The molecule has 2 N–H and O–H groups in total. The monoisotopic (exact) mass is 242 g/mol. The van der Waals surface area contributed by atoms with E-state index in [4.69, 9.17) is 4.74 Å². The number of nitrogens with one attached hydrogen (secondary N) is 1. The van der Waals surface area contributed by atoms with Gasteiger partial charge in [-0.1, -0.05) is 0 Å². The van der Waals surface area contributed by atoms with Gasteiger partial charge in [0.2, 0.25) is 5.91 Å². The number of aliphatic hydroxyl groups is 1. The lowest BCUT2D eigenvalue weighted by Gasteiger charge is -2.29. The Morgan fingerprint density at radius 3 is 3.00 bits per heavy atom. The maximum absolute atomic E-state index is 11.7. The standard InChI is InChI=1S/C12H22N2O3/c15-10-3-1-5-14(8-10)9-12(16)13-7-11-4-2-6-17-11/h10-11,15H,1-9H2,(H,13,16)/t10-,11-/m1/s1. The van der Waals surface area contributed by atoms with E-state index in [1.54, 1.807) is 0 Å². The first-order valence-corrected chi connectivity index (χ1v) is 6.53. The lowest BCUT2D eigenvalue weighted by Crippen LogP contribution is -2.45. The van der Waals surface area contributed by atoms with Crippen LogP contribution in [0.1, 0.15) is 25.7 Å². The van der Waals surface area contributed by atoms with Crippen LogP contribution in [-0.2, 0) is 9.53 Å². The fraction of sp³-hybridized carbons (Fsp3) is 0.917. The number of rotatable bonds is 4. The lowest BCUT2D eigenvalue weighted by molar-refractivity contribution is -0.123. The highest BCUT2D eigenvalue weighted by Crippen LogP contribution is 2.11. The Balaban J connectivity index is 1.62. The van der Waals surface area contributed by atoms with Gasteiger partial charge in [0.15, 0.2) is 0 Å². The predicted octanol–water partition coefficient (Wildman–Crippen LogP) is -0.262. The smallest absolute Gasteiger partial charge is 0.234 e. The molecule has 0 radical (unpaired) electrons. The van der Waals surface area contributed by atoms with Crippen LogP contribution in [0.4, 0.5) is 0 Å². The average molecular weight is 242 g/mol. The van der Waals surface area contributed by atoms with E-state index in [2.05, 4.69) is 5.32 Å². The summed E-state index contributed by atoms with van der Waals surface area (Å²) in [4.78, 5) is 13.7. The number of β-amino-alcohol motifs (C(OH)–C–C–N with tert-alkyl or cyclic N) is 1. The Morgan fingerprint density at radius 2 is 2.29 bits per heavy atom. The van der Waals surface area contributed by atoms with Crippen LogP contribution >= 0.6 is 0 Å². The first kappa shape index (κ1) is 12.8. The van der Waals surface area contributed by atoms with Gasteiger partial charge in [-0.2, -0.15) is 0 Å². The van der Waals surface area contributed by atoms with E-state index in [1.165, 1.54) is 0 Å². The number of piperidine rings is 1. The van der Waals surface area contributed by atoms with E-state index in [1.807, 2.05) is 4.90 Å². The molecule has 5 nitrogen and oxygen atoms in total. The van der Waals surface area contributed by atoms with Gasteiger partial charge in [0.25, 0.3) is 0 Å². The van der Waals surface area contributed by atoms with Gasteiger partial charge in [0.1, 0.15) is 0 Å². The van der Waals surface area contributed by atoms with Gasteiger partial charge in [-0.3, -0.25) is 9.69 Å². The Labute approximate surface area is 102 Å². The zero-order chi connectivity index (χ0) is 12.1. The van der Waals surface area contributed by atoms with Crippen molar-refractivity contribution in [2.24, 2.45) is 0 Å². The minimum absolute atomic E-state index is 0.0367. The summed E-state index contributed by atoms with van der Waals surface area (Å²) in [5, 5.41) is 12.4. The molecule has 0 bridgehead atoms. The van der Waals surface area contributed by atoms with E-state index < -0.39 is 0 Å². The Kier molecular flexibility index (Phi) is 4.76. The molecule has 2 heterocycles. The number of carbonyl (C=O) groups excluding carboxylic acids is 1. The van der Waals surface area contributed by atoms with Crippen molar-refractivity contribution in [3.05, 3.63) is 0 Å². The summed E-state index contributed by atoms with van der Waals surface area (Å²) in [6.45, 7) is 3.36. The fourth-order valence-electron chi connectivity index (χ4n) is 2.47. The molecule has 2 rings (SSSR count). The lowest BCUT2D eigenvalue weighted by atomic mass is 10.1. The molecular formula is C12H22N2O3. The first-order valence-electron chi connectivity index (χ1n) is 6.53. The van der Waals surface area contributed by atoms with Gasteiger partial charge in [-0.15, -0.1) is 0 Å². The Bertz CT molecular complexity index is 254. The molecule has 2 aliphatic rings. The minimum atomic E-state index is -0.269. The minimum Gasteiger partial charge on any atom is -0.392 e. The number of hydrogen-bond acceptors (Lipinski definition) is 4. The van der Waals surface area contributed by atoms with Gasteiger partial charge in [-0.25, -0.2) is 0 Å². The molecule has 5 heteroatoms. The summed E-state index contributed by atoms with van der Waals surface area (Å²) in [5.74, 6) is 0.0367. The molecule has 0 spiro atoms. The molecule has 0 unspecified atom stereocenters. The maximum atomic E-state index is 11.7. The Hall–Kier alpha value is -0.650. The molecule has 0 aromatic carbocycles. The number of ether oxygens (including phenoxy) is 1. The van der Waals surface area contributed by atoms with E-state index in [0.717, 1.165) is 38.8 Å². The van der Waals surface area contributed by atoms with Gasteiger partial charge < -0.3 is 15.2 Å². The number of carbonyl (C=O) groups is 1. The second-order valence-corrected chi connectivity index (χ2v) is 4.97. The van der Waals surface area contributed by atoms with Crippen molar-refractivity contribution in [1.29, 1.82) is 0 Å². The number of aliphatic hydroxyl groups excluding tert-OH is 1. The summed E-state index contributed by atoms with van der Waals surface area (Å²) in [5.41, 5.74) is 0. The average Bonchev–Trinajstić information content (AvgIpc) is 2.79. The molecule has 0 aliphatic carbocycles. The van der Waals surface area contributed by atoms with Crippen molar-refractivity contribution < 1.29 is 14.6 Å². The highest BCUT2D eigenvalue weighted by atomic mass is 16.5. The molecule has 0 aromatic rings. The van der Waals surface area contributed by atoms with E-state index in [9.17, 15) is 9.90 Å². The SMILES string of the molecule is O=C(CN1CCC[C@@H](O)C1)NC[C@H]1CCCO1. The predicted molar refractivity (Wildman–Crippen MR) is 63.7 cm³/mol.